The number of nitrogens with zero attached hydrogens (tertiary/aromatic N) is 1. The number of nitrogens with one attached hydrogen (secondary N) is 1. The Morgan fingerprint density at radius 2 is 2.25 bits per heavy atom. The molecule has 0 bridgehead atoms. The number of hydrogen-bond donors (Lipinski definition) is 1. The molecule has 1 heterocycles. The Balaban J connectivity index is 2.28. The van der Waals surface area contributed by atoms with Gasteiger partial charge in [0.25, 0.3) is 0 Å². The number of halogens is 1. The van der Waals surface area contributed by atoms with Gasteiger partial charge in [0.1, 0.15) is 0 Å². The van der Waals surface area contributed by atoms with Crippen LogP contribution in [0.25, 0.3) is 0 Å². The molecule has 1 fully saturated rings. The van der Waals surface area contributed by atoms with Crippen molar-refractivity contribution in [1.29, 1.82) is 0 Å². The molecular weight excluding hydrogens is 339 g/mol. The zero-order chi connectivity index (χ0) is 12.0. The van der Waals surface area contributed by atoms with E-state index in [2.05, 4.69) is 26.5 Å². The van der Waals surface area contributed by atoms with Crippen molar-refractivity contribution in [2.45, 2.75) is 25.8 Å². The second-order valence-corrected chi connectivity index (χ2v) is 5.57. The molecule has 1 unspecified atom stereocenters. The van der Waals surface area contributed by atoms with Crippen molar-refractivity contribution in [3.8, 4) is 0 Å². The van der Waals surface area contributed by atoms with E-state index in [0.29, 0.717) is 5.92 Å². The number of likely N-dealkylation sites (tertiary alicyclic amines) is 1. The molecule has 1 aliphatic heterocycles. The van der Waals surface area contributed by atoms with E-state index in [1.54, 1.807) is 0 Å². The van der Waals surface area contributed by atoms with Gasteiger partial charge in [-0.1, -0.05) is 0 Å². The summed E-state index contributed by atoms with van der Waals surface area (Å²) in [7, 11) is 3.21. The monoisotopic (exact) mass is 358 g/mol. The number of piperidine rings is 1. The van der Waals surface area contributed by atoms with Crippen LogP contribution in [0.2, 0.25) is 0 Å². The van der Waals surface area contributed by atoms with Crippen LogP contribution in [-0.4, -0.2) is 43.6 Å². The highest BCUT2D eigenvalue weighted by molar-refractivity contribution is 14.2. The summed E-state index contributed by atoms with van der Waals surface area (Å²) >= 11 is 2.13. The SMILES string of the molecule is CNC(C)C(=O)N1CCC(COSI)CC1. The Hall–Kier alpha value is 0.470. The lowest BCUT2D eigenvalue weighted by Crippen LogP contribution is -2.47. The summed E-state index contributed by atoms with van der Waals surface area (Å²) in [5.41, 5.74) is 0. The van der Waals surface area contributed by atoms with Crippen LogP contribution in [-0.2, 0) is 8.98 Å². The fourth-order valence-electron chi connectivity index (χ4n) is 1.84. The van der Waals surface area contributed by atoms with E-state index in [0.717, 1.165) is 32.5 Å². The van der Waals surface area contributed by atoms with Gasteiger partial charge in [0, 0.05) is 34.3 Å². The number of hydrogen-bond acceptors (Lipinski definition) is 4. The summed E-state index contributed by atoms with van der Waals surface area (Å²) in [5, 5.41) is 2.99. The van der Waals surface area contributed by atoms with E-state index in [9.17, 15) is 4.79 Å². The molecule has 1 N–H and O–H groups in total. The molecule has 1 amide bonds. The summed E-state index contributed by atoms with van der Waals surface area (Å²) < 4.78 is 5.32. The minimum Gasteiger partial charge on any atom is -0.341 e. The smallest absolute Gasteiger partial charge is 0.239 e. The van der Waals surface area contributed by atoms with Gasteiger partial charge in [-0.25, -0.2) is 0 Å². The van der Waals surface area contributed by atoms with E-state index < -0.39 is 0 Å². The summed E-state index contributed by atoms with van der Waals surface area (Å²) in [5.74, 6) is 0.821. The number of amides is 1. The molecule has 4 nitrogen and oxygen atoms in total. The maximum absolute atomic E-state index is 11.9. The standard InChI is InChI=1S/C10H19IN2O2S/c1-8(12-2)10(14)13-5-3-9(4-6-13)7-15-16-11/h8-9,12H,3-7H2,1-2H3. The number of carbonyl (C=O) groups excluding carboxylic acids is 1. The maximum atomic E-state index is 11.9. The molecule has 0 aromatic carbocycles. The molecule has 0 radical (unpaired) electrons. The third-order valence-corrected chi connectivity index (χ3v) is 4.07. The van der Waals surface area contributed by atoms with Crippen molar-refractivity contribution in [1.82, 2.24) is 10.2 Å². The predicted octanol–water partition coefficient (Wildman–Crippen LogP) is 1.85. The molecule has 16 heavy (non-hydrogen) atoms. The summed E-state index contributed by atoms with van der Waals surface area (Å²) in [6, 6.07) is -0.0716. The van der Waals surface area contributed by atoms with Crippen LogP contribution in [0.5, 0.6) is 0 Å². The van der Waals surface area contributed by atoms with Crippen LogP contribution in [0.15, 0.2) is 0 Å². The van der Waals surface area contributed by atoms with E-state index >= 15 is 0 Å². The molecule has 0 spiro atoms. The maximum Gasteiger partial charge on any atom is 0.239 e. The minimum absolute atomic E-state index is 0.0716. The van der Waals surface area contributed by atoms with Gasteiger partial charge in [-0.15, -0.1) is 0 Å². The van der Waals surface area contributed by atoms with E-state index in [1.165, 1.54) is 9.21 Å². The first-order valence-electron chi connectivity index (χ1n) is 5.55. The highest BCUT2D eigenvalue weighted by Gasteiger charge is 2.25. The summed E-state index contributed by atoms with van der Waals surface area (Å²) in [4.78, 5) is 13.8. The molecule has 1 atom stereocenters. The van der Waals surface area contributed by atoms with E-state index in [1.807, 2.05) is 18.9 Å². The Kier molecular flexibility index (Phi) is 7.02. The number of rotatable bonds is 5. The first-order chi connectivity index (χ1) is 7.69. The summed E-state index contributed by atoms with van der Waals surface area (Å²) in [6.45, 7) is 4.44. The average molecular weight is 358 g/mol. The van der Waals surface area contributed by atoms with Crippen LogP contribution in [0.3, 0.4) is 0 Å². The molecule has 94 valence electrons. The molecule has 1 saturated heterocycles. The van der Waals surface area contributed by atoms with Crippen molar-refractivity contribution >= 4 is 36.3 Å². The zero-order valence-electron chi connectivity index (χ0n) is 9.74. The van der Waals surface area contributed by atoms with Gasteiger partial charge in [-0.3, -0.25) is 4.79 Å². The largest absolute Gasteiger partial charge is 0.341 e. The first kappa shape index (κ1) is 14.5. The minimum atomic E-state index is -0.0716. The van der Waals surface area contributed by atoms with E-state index in [-0.39, 0.29) is 11.9 Å². The van der Waals surface area contributed by atoms with Crippen molar-refractivity contribution < 1.29 is 8.98 Å². The fourth-order valence-corrected chi connectivity index (χ4v) is 2.52. The Bertz CT molecular complexity index is 223. The molecular formula is C10H19IN2O2S. The van der Waals surface area contributed by atoms with Crippen LogP contribution in [0.4, 0.5) is 0 Å². The van der Waals surface area contributed by atoms with Crippen LogP contribution < -0.4 is 5.32 Å². The van der Waals surface area contributed by atoms with Crippen molar-refractivity contribution in [3.05, 3.63) is 0 Å². The molecule has 0 aliphatic carbocycles. The lowest BCUT2D eigenvalue weighted by molar-refractivity contribution is -0.134. The second kappa shape index (κ2) is 7.73. The van der Waals surface area contributed by atoms with Gasteiger partial charge >= 0.3 is 0 Å². The van der Waals surface area contributed by atoms with Gasteiger partial charge in [-0.2, -0.15) is 0 Å². The highest BCUT2D eigenvalue weighted by Crippen LogP contribution is 2.21. The predicted molar refractivity (Wildman–Crippen MR) is 75.4 cm³/mol. The Morgan fingerprint density at radius 3 is 2.75 bits per heavy atom. The second-order valence-electron chi connectivity index (χ2n) is 4.13. The van der Waals surface area contributed by atoms with Gasteiger partial charge in [0.2, 0.25) is 5.91 Å². The van der Waals surface area contributed by atoms with Crippen molar-refractivity contribution in [2.24, 2.45) is 5.92 Å². The number of likely N-dealkylation sites (N-methyl/N-ethyl adjacent to an activating group) is 1. The molecule has 0 aromatic heterocycles. The molecule has 1 rings (SSSR count). The van der Waals surface area contributed by atoms with Gasteiger partial charge in [0.15, 0.2) is 0 Å². The third kappa shape index (κ3) is 4.38. The summed E-state index contributed by atoms with van der Waals surface area (Å²) in [6.07, 6.45) is 2.11. The van der Waals surface area contributed by atoms with Gasteiger partial charge in [0.05, 0.1) is 21.9 Å². The van der Waals surface area contributed by atoms with Gasteiger partial charge in [-0.05, 0) is 32.7 Å². The van der Waals surface area contributed by atoms with E-state index in [4.69, 9.17) is 4.18 Å². The molecule has 0 saturated carbocycles. The van der Waals surface area contributed by atoms with Crippen LogP contribution in [0.1, 0.15) is 19.8 Å². The van der Waals surface area contributed by atoms with Crippen LogP contribution >= 0.6 is 30.4 Å². The lowest BCUT2D eigenvalue weighted by Gasteiger charge is -2.33. The topological polar surface area (TPSA) is 41.6 Å². The highest BCUT2D eigenvalue weighted by atomic mass is 127. The Morgan fingerprint density at radius 1 is 1.62 bits per heavy atom. The molecule has 1 aliphatic rings. The van der Waals surface area contributed by atoms with Crippen molar-refractivity contribution in [3.63, 3.8) is 0 Å². The third-order valence-electron chi connectivity index (χ3n) is 3.08. The Labute approximate surface area is 114 Å². The zero-order valence-corrected chi connectivity index (χ0v) is 12.7. The van der Waals surface area contributed by atoms with Crippen LogP contribution in [0, 0.1) is 5.92 Å². The molecule has 0 aromatic rings. The normalized spacial score (nSPS) is 19.8. The molecule has 6 heteroatoms. The fraction of sp³-hybridized carbons (Fsp3) is 0.900. The number of carbonyl (C=O) groups is 1. The van der Waals surface area contributed by atoms with Gasteiger partial charge < -0.3 is 14.4 Å². The first-order valence-corrected chi connectivity index (χ1v) is 8.83. The quantitative estimate of drug-likeness (QED) is 0.602. The lowest BCUT2D eigenvalue weighted by atomic mass is 9.97. The van der Waals surface area contributed by atoms with Crippen molar-refractivity contribution in [2.75, 3.05) is 26.7 Å². The average Bonchev–Trinajstić information content (AvgIpc) is 2.35.